The van der Waals surface area contributed by atoms with Gasteiger partial charge in [0.05, 0.1) is 0 Å². The molecule has 0 amide bonds. The van der Waals surface area contributed by atoms with Gasteiger partial charge in [0, 0.05) is 6.04 Å². The van der Waals surface area contributed by atoms with Crippen molar-refractivity contribution < 1.29 is 9.84 Å². The number of ether oxygens (including phenoxy) is 1. The predicted molar refractivity (Wildman–Crippen MR) is 33.7 cm³/mol. The van der Waals surface area contributed by atoms with Gasteiger partial charge < -0.3 is 15.6 Å². The highest BCUT2D eigenvalue weighted by molar-refractivity contribution is 4.98. The Morgan fingerprint density at radius 2 is 2.67 bits per heavy atom. The predicted octanol–water partition coefficient (Wildman–Crippen LogP) is -0.390. The molecule has 0 aromatic carbocycles. The minimum atomic E-state index is -0.00722. The second-order valence-electron chi connectivity index (χ2n) is 2.14. The molecule has 0 spiro atoms. The van der Waals surface area contributed by atoms with E-state index in [1.807, 2.05) is 6.08 Å². The van der Waals surface area contributed by atoms with Crippen molar-refractivity contribution in [2.45, 2.75) is 12.5 Å². The highest BCUT2D eigenvalue weighted by Crippen LogP contribution is 2.07. The number of hydrogen-bond donors (Lipinski definition) is 2. The molecule has 3 heteroatoms. The van der Waals surface area contributed by atoms with Crippen LogP contribution in [0.3, 0.4) is 0 Å². The monoisotopic (exact) mass is 129 g/mol. The Morgan fingerprint density at radius 3 is 3.11 bits per heavy atom. The molecule has 0 saturated carbocycles. The molecular formula is C6H11NO2. The summed E-state index contributed by atoms with van der Waals surface area (Å²) in [6, 6.07) is 0.111. The third kappa shape index (κ3) is 1.69. The van der Waals surface area contributed by atoms with Crippen LogP contribution >= 0.6 is 0 Å². The van der Waals surface area contributed by atoms with E-state index in [1.54, 1.807) is 0 Å². The van der Waals surface area contributed by atoms with Crippen molar-refractivity contribution in [3.63, 3.8) is 0 Å². The SMILES string of the molecule is N[C@@H]1CC=C(CO)OC1. The molecule has 0 aromatic rings. The molecule has 0 saturated heterocycles. The van der Waals surface area contributed by atoms with Gasteiger partial charge in [-0.25, -0.2) is 0 Å². The van der Waals surface area contributed by atoms with Crippen LogP contribution in [0, 0.1) is 0 Å². The smallest absolute Gasteiger partial charge is 0.118 e. The van der Waals surface area contributed by atoms with Crippen molar-refractivity contribution in [3.05, 3.63) is 11.8 Å². The van der Waals surface area contributed by atoms with Crippen molar-refractivity contribution in [1.82, 2.24) is 0 Å². The highest BCUT2D eigenvalue weighted by atomic mass is 16.5. The molecule has 0 fully saturated rings. The number of aliphatic hydroxyl groups excluding tert-OH is 1. The van der Waals surface area contributed by atoms with Crippen LogP contribution in [0.25, 0.3) is 0 Å². The molecule has 3 nitrogen and oxygen atoms in total. The Balaban J connectivity index is 2.40. The maximum absolute atomic E-state index is 8.54. The average molecular weight is 129 g/mol. The maximum atomic E-state index is 8.54. The first-order valence-electron chi connectivity index (χ1n) is 3.01. The van der Waals surface area contributed by atoms with E-state index in [0.717, 1.165) is 6.42 Å². The van der Waals surface area contributed by atoms with Gasteiger partial charge in [-0.05, 0) is 12.5 Å². The summed E-state index contributed by atoms with van der Waals surface area (Å²) in [6.45, 7) is 0.527. The minimum absolute atomic E-state index is 0.00722. The quantitative estimate of drug-likeness (QED) is 0.507. The Bertz CT molecular complexity index is 122. The zero-order chi connectivity index (χ0) is 6.69. The molecule has 9 heavy (non-hydrogen) atoms. The third-order valence-corrected chi connectivity index (χ3v) is 1.29. The molecule has 0 unspecified atom stereocenters. The number of aliphatic hydroxyl groups is 1. The number of hydrogen-bond acceptors (Lipinski definition) is 3. The first-order chi connectivity index (χ1) is 4.33. The van der Waals surface area contributed by atoms with Crippen LogP contribution < -0.4 is 5.73 Å². The van der Waals surface area contributed by atoms with E-state index in [-0.39, 0.29) is 12.6 Å². The standard InChI is InChI=1S/C6H11NO2/c7-5-1-2-6(3-8)9-4-5/h2,5,8H,1,3-4,7H2/t5-/m1/s1. The summed E-state index contributed by atoms with van der Waals surface area (Å²) in [5, 5.41) is 8.54. The van der Waals surface area contributed by atoms with E-state index < -0.39 is 0 Å². The van der Waals surface area contributed by atoms with E-state index >= 15 is 0 Å². The molecule has 0 aromatic heterocycles. The topological polar surface area (TPSA) is 55.5 Å². The van der Waals surface area contributed by atoms with Gasteiger partial charge in [0.1, 0.15) is 19.0 Å². The second-order valence-corrected chi connectivity index (χ2v) is 2.14. The van der Waals surface area contributed by atoms with Crippen molar-refractivity contribution >= 4 is 0 Å². The lowest BCUT2D eigenvalue weighted by molar-refractivity contribution is 0.135. The molecule has 0 aliphatic carbocycles. The lowest BCUT2D eigenvalue weighted by Gasteiger charge is -2.18. The summed E-state index contributed by atoms with van der Waals surface area (Å²) in [5.74, 6) is 0.650. The molecule has 0 radical (unpaired) electrons. The highest BCUT2D eigenvalue weighted by Gasteiger charge is 2.08. The lowest BCUT2D eigenvalue weighted by Crippen LogP contribution is -2.28. The Kier molecular flexibility index (Phi) is 2.08. The van der Waals surface area contributed by atoms with E-state index in [4.69, 9.17) is 15.6 Å². The molecule has 1 atom stereocenters. The summed E-state index contributed by atoms with van der Waals surface area (Å²) < 4.78 is 5.03. The van der Waals surface area contributed by atoms with Gasteiger partial charge in [-0.3, -0.25) is 0 Å². The minimum Gasteiger partial charge on any atom is -0.494 e. The molecule has 3 N–H and O–H groups in total. The summed E-state index contributed by atoms with van der Waals surface area (Å²) >= 11 is 0. The molecular weight excluding hydrogens is 118 g/mol. The van der Waals surface area contributed by atoms with Crippen LogP contribution in [0.4, 0.5) is 0 Å². The first kappa shape index (κ1) is 6.58. The van der Waals surface area contributed by atoms with Gasteiger partial charge in [-0.15, -0.1) is 0 Å². The Labute approximate surface area is 54.1 Å². The average Bonchev–Trinajstić information content (AvgIpc) is 1.90. The summed E-state index contributed by atoms with van der Waals surface area (Å²) in [4.78, 5) is 0. The van der Waals surface area contributed by atoms with Crippen LogP contribution in [0.5, 0.6) is 0 Å². The normalized spacial score (nSPS) is 26.9. The van der Waals surface area contributed by atoms with Crippen LogP contribution in [0.1, 0.15) is 6.42 Å². The van der Waals surface area contributed by atoms with Gasteiger partial charge >= 0.3 is 0 Å². The molecule has 1 aliphatic heterocycles. The van der Waals surface area contributed by atoms with Gasteiger partial charge in [0.25, 0.3) is 0 Å². The maximum Gasteiger partial charge on any atom is 0.118 e. The Morgan fingerprint density at radius 1 is 1.89 bits per heavy atom. The molecule has 1 heterocycles. The number of rotatable bonds is 1. The van der Waals surface area contributed by atoms with E-state index in [9.17, 15) is 0 Å². The van der Waals surface area contributed by atoms with Crippen molar-refractivity contribution in [2.75, 3.05) is 13.2 Å². The molecule has 1 aliphatic rings. The van der Waals surface area contributed by atoms with Crippen molar-refractivity contribution in [2.24, 2.45) is 5.73 Å². The van der Waals surface area contributed by atoms with Crippen molar-refractivity contribution in [3.8, 4) is 0 Å². The zero-order valence-corrected chi connectivity index (χ0v) is 5.21. The molecule has 0 bridgehead atoms. The Hall–Kier alpha value is -0.540. The fraction of sp³-hybridized carbons (Fsp3) is 0.667. The molecule has 1 rings (SSSR count). The van der Waals surface area contributed by atoms with Crippen LogP contribution in [0.15, 0.2) is 11.8 Å². The van der Waals surface area contributed by atoms with Crippen LogP contribution in [-0.4, -0.2) is 24.4 Å². The third-order valence-electron chi connectivity index (χ3n) is 1.29. The summed E-state index contributed by atoms with van der Waals surface area (Å²) in [5.41, 5.74) is 5.50. The van der Waals surface area contributed by atoms with E-state index in [1.165, 1.54) is 0 Å². The van der Waals surface area contributed by atoms with Gasteiger partial charge in [-0.1, -0.05) is 0 Å². The lowest BCUT2D eigenvalue weighted by atomic mass is 10.2. The second kappa shape index (κ2) is 2.85. The van der Waals surface area contributed by atoms with Crippen LogP contribution in [0.2, 0.25) is 0 Å². The molecule has 52 valence electrons. The van der Waals surface area contributed by atoms with Crippen molar-refractivity contribution in [1.29, 1.82) is 0 Å². The largest absolute Gasteiger partial charge is 0.494 e. The van der Waals surface area contributed by atoms with E-state index in [2.05, 4.69) is 0 Å². The van der Waals surface area contributed by atoms with Gasteiger partial charge in [-0.2, -0.15) is 0 Å². The first-order valence-corrected chi connectivity index (χ1v) is 3.01. The number of nitrogens with two attached hydrogens (primary N) is 1. The summed E-state index contributed by atoms with van der Waals surface area (Å²) in [6.07, 6.45) is 2.64. The van der Waals surface area contributed by atoms with Crippen LogP contribution in [-0.2, 0) is 4.74 Å². The fourth-order valence-electron chi connectivity index (χ4n) is 0.734. The van der Waals surface area contributed by atoms with Gasteiger partial charge in [0.2, 0.25) is 0 Å². The summed E-state index contributed by atoms with van der Waals surface area (Å²) in [7, 11) is 0. The van der Waals surface area contributed by atoms with Gasteiger partial charge in [0.15, 0.2) is 0 Å². The van der Waals surface area contributed by atoms with E-state index in [0.29, 0.717) is 12.4 Å². The zero-order valence-electron chi connectivity index (χ0n) is 5.21. The fourth-order valence-corrected chi connectivity index (χ4v) is 0.734.